The van der Waals surface area contributed by atoms with Crippen molar-refractivity contribution in [3.05, 3.63) is 65.0 Å². The van der Waals surface area contributed by atoms with Crippen molar-refractivity contribution < 1.29 is 13.9 Å². The monoisotopic (exact) mass is 287 g/mol. The summed E-state index contributed by atoms with van der Waals surface area (Å²) in [4.78, 5) is 0. The van der Waals surface area contributed by atoms with Gasteiger partial charge < -0.3 is 15.2 Å². The highest BCUT2D eigenvalue weighted by Gasteiger charge is 2.27. The molecule has 0 saturated carbocycles. The van der Waals surface area contributed by atoms with Crippen LogP contribution in [-0.2, 0) is 11.3 Å². The molecule has 3 nitrogen and oxygen atoms in total. The van der Waals surface area contributed by atoms with Crippen molar-refractivity contribution in [1.82, 2.24) is 0 Å². The average Bonchev–Trinajstić information content (AvgIpc) is 2.49. The first kappa shape index (κ1) is 14.0. The highest BCUT2D eigenvalue weighted by atomic mass is 19.1. The Kier molecular flexibility index (Phi) is 3.90. The number of hydrogen-bond acceptors (Lipinski definition) is 3. The van der Waals surface area contributed by atoms with E-state index in [1.54, 1.807) is 13.2 Å². The third kappa shape index (κ3) is 2.91. The second-order valence-electron chi connectivity index (χ2n) is 5.31. The molecule has 1 aliphatic rings. The molecule has 0 aliphatic carbocycles. The molecule has 0 aromatic heterocycles. The van der Waals surface area contributed by atoms with Crippen LogP contribution in [0.25, 0.3) is 0 Å². The lowest BCUT2D eigenvalue weighted by molar-refractivity contribution is 0.161. The van der Waals surface area contributed by atoms with Gasteiger partial charge in [0, 0.05) is 25.1 Å². The van der Waals surface area contributed by atoms with E-state index < -0.39 is 0 Å². The van der Waals surface area contributed by atoms with Gasteiger partial charge in [0.1, 0.15) is 17.7 Å². The molecule has 0 saturated heterocycles. The largest absolute Gasteiger partial charge is 0.485 e. The van der Waals surface area contributed by atoms with Crippen molar-refractivity contribution in [1.29, 1.82) is 0 Å². The van der Waals surface area contributed by atoms with E-state index in [1.165, 1.54) is 12.1 Å². The zero-order valence-electron chi connectivity index (χ0n) is 11.9. The molecule has 2 atom stereocenters. The topological polar surface area (TPSA) is 44.5 Å². The van der Waals surface area contributed by atoms with Crippen LogP contribution in [0, 0.1) is 5.82 Å². The minimum Gasteiger partial charge on any atom is -0.485 e. The number of rotatable bonds is 3. The van der Waals surface area contributed by atoms with Crippen molar-refractivity contribution in [3.8, 4) is 5.75 Å². The summed E-state index contributed by atoms with van der Waals surface area (Å²) >= 11 is 0. The van der Waals surface area contributed by atoms with E-state index in [2.05, 4.69) is 0 Å². The molecule has 1 unspecified atom stereocenters. The van der Waals surface area contributed by atoms with Gasteiger partial charge in [-0.15, -0.1) is 0 Å². The Morgan fingerprint density at radius 2 is 2.00 bits per heavy atom. The summed E-state index contributed by atoms with van der Waals surface area (Å²) in [6.07, 6.45) is 0.537. The molecule has 2 aromatic carbocycles. The highest BCUT2D eigenvalue weighted by molar-refractivity contribution is 5.39. The standard InChI is InChI=1S/C17H18FNO2/c1-20-10-11-2-4-12(5-3-11)17-9-15(19)14-8-13(18)6-7-16(14)21-17/h2-8,15,17H,9-10,19H2,1H3/t15-,17?/m0/s1. The zero-order chi connectivity index (χ0) is 14.8. The fourth-order valence-corrected chi connectivity index (χ4v) is 2.67. The van der Waals surface area contributed by atoms with E-state index in [0.717, 1.165) is 16.7 Å². The third-order valence-corrected chi connectivity index (χ3v) is 3.77. The fraction of sp³-hybridized carbons (Fsp3) is 0.294. The normalized spacial score (nSPS) is 20.7. The second kappa shape index (κ2) is 5.84. The summed E-state index contributed by atoms with van der Waals surface area (Å²) < 4.78 is 24.3. The van der Waals surface area contributed by atoms with Crippen LogP contribution in [0.5, 0.6) is 5.75 Å². The third-order valence-electron chi connectivity index (χ3n) is 3.77. The molecule has 0 fully saturated rings. The van der Waals surface area contributed by atoms with Gasteiger partial charge >= 0.3 is 0 Å². The lowest BCUT2D eigenvalue weighted by Crippen LogP contribution is -2.24. The fourth-order valence-electron chi connectivity index (χ4n) is 2.67. The summed E-state index contributed by atoms with van der Waals surface area (Å²) in [6, 6.07) is 12.4. The summed E-state index contributed by atoms with van der Waals surface area (Å²) in [7, 11) is 1.67. The molecule has 3 rings (SSSR count). The summed E-state index contributed by atoms with van der Waals surface area (Å²) in [5, 5.41) is 0. The minimum atomic E-state index is -0.282. The Bertz CT molecular complexity index is 627. The van der Waals surface area contributed by atoms with Crippen LogP contribution in [-0.4, -0.2) is 7.11 Å². The zero-order valence-corrected chi connectivity index (χ0v) is 11.9. The van der Waals surface area contributed by atoms with Crippen molar-refractivity contribution in [2.24, 2.45) is 5.73 Å². The molecule has 4 heteroatoms. The number of halogens is 1. The first-order valence-electron chi connectivity index (χ1n) is 6.97. The molecule has 0 amide bonds. The van der Waals surface area contributed by atoms with E-state index in [0.29, 0.717) is 18.8 Å². The Hall–Kier alpha value is -1.91. The molecule has 110 valence electrons. The van der Waals surface area contributed by atoms with Gasteiger partial charge in [-0.25, -0.2) is 4.39 Å². The minimum absolute atomic E-state index is 0.102. The van der Waals surface area contributed by atoms with Crippen molar-refractivity contribution in [3.63, 3.8) is 0 Å². The van der Waals surface area contributed by atoms with Crippen molar-refractivity contribution in [2.45, 2.75) is 25.2 Å². The molecule has 0 bridgehead atoms. The maximum atomic E-state index is 13.3. The summed E-state index contributed by atoms with van der Waals surface area (Å²) in [6.45, 7) is 0.591. The van der Waals surface area contributed by atoms with Crippen LogP contribution < -0.4 is 10.5 Å². The van der Waals surface area contributed by atoms with Gasteiger partial charge in [0.2, 0.25) is 0 Å². The average molecular weight is 287 g/mol. The van der Waals surface area contributed by atoms with Crippen molar-refractivity contribution in [2.75, 3.05) is 7.11 Å². The quantitative estimate of drug-likeness (QED) is 0.939. The lowest BCUT2D eigenvalue weighted by Gasteiger charge is -2.30. The van der Waals surface area contributed by atoms with Gasteiger partial charge in [-0.2, -0.15) is 0 Å². The van der Waals surface area contributed by atoms with Crippen LogP contribution >= 0.6 is 0 Å². The first-order valence-corrected chi connectivity index (χ1v) is 6.97. The molecule has 2 N–H and O–H groups in total. The van der Waals surface area contributed by atoms with E-state index in [-0.39, 0.29) is 18.0 Å². The predicted molar refractivity (Wildman–Crippen MR) is 78.5 cm³/mol. The Morgan fingerprint density at radius 1 is 1.24 bits per heavy atom. The molecule has 0 radical (unpaired) electrons. The highest BCUT2D eigenvalue weighted by Crippen LogP contribution is 2.39. The smallest absolute Gasteiger partial charge is 0.126 e. The Morgan fingerprint density at radius 3 is 2.71 bits per heavy atom. The number of methoxy groups -OCH3 is 1. The van der Waals surface area contributed by atoms with Gasteiger partial charge in [-0.05, 0) is 29.3 Å². The number of benzene rings is 2. The Labute approximate surface area is 123 Å². The predicted octanol–water partition coefficient (Wildman–Crippen LogP) is 3.50. The maximum absolute atomic E-state index is 13.3. The number of ether oxygens (including phenoxy) is 2. The summed E-state index contributed by atoms with van der Waals surface area (Å²) in [5.41, 5.74) is 9.08. The molecule has 0 spiro atoms. The van der Waals surface area contributed by atoms with Crippen LogP contribution in [0.3, 0.4) is 0 Å². The second-order valence-corrected chi connectivity index (χ2v) is 5.31. The van der Waals surface area contributed by atoms with E-state index in [1.807, 2.05) is 24.3 Å². The molecule has 1 heterocycles. The van der Waals surface area contributed by atoms with Crippen LogP contribution in [0.1, 0.15) is 35.3 Å². The Balaban J connectivity index is 1.83. The van der Waals surface area contributed by atoms with E-state index in [4.69, 9.17) is 15.2 Å². The number of fused-ring (bicyclic) bond motifs is 1. The molecular weight excluding hydrogens is 269 g/mol. The number of hydrogen-bond donors (Lipinski definition) is 1. The van der Waals surface area contributed by atoms with Gasteiger partial charge in [0.05, 0.1) is 6.61 Å². The molecule has 21 heavy (non-hydrogen) atoms. The van der Waals surface area contributed by atoms with E-state index >= 15 is 0 Å². The van der Waals surface area contributed by atoms with E-state index in [9.17, 15) is 4.39 Å². The van der Waals surface area contributed by atoms with Crippen molar-refractivity contribution >= 4 is 0 Å². The van der Waals surface area contributed by atoms with Gasteiger partial charge in [0.15, 0.2) is 0 Å². The lowest BCUT2D eigenvalue weighted by atomic mass is 9.93. The van der Waals surface area contributed by atoms with Crippen LogP contribution in [0.2, 0.25) is 0 Å². The van der Waals surface area contributed by atoms with Gasteiger partial charge in [0.25, 0.3) is 0 Å². The maximum Gasteiger partial charge on any atom is 0.126 e. The molecular formula is C17H18FNO2. The van der Waals surface area contributed by atoms with Crippen LogP contribution in [0.4, 0.5) is 4.39 Å². The summed E-state index contributed by atoms with van der Waals surface area (Å²) in [5.74, 6) is 0.385. The SMILES string of the molecule is COCc1ccc(C2C[C@H](N)c3cc(F)ccc3O2)cc1. The van der Waals surface area contributed by atoms with Gasteiger partial charge in [-0.1, -0.05) is 24.3 Å². The van der Waals surface area contributed by atoms with Gasteiger partial charge in [-0.3, -0.25) is 0 Å². The first-order chi connectivity index (χ1) is 10.2. The van der Waals surface area contributed by atoms with Crippen LogP contribution in [0.15, 0.2) is 42.5 Å². The molecule has 1 aliphatic heterocycles. The number of nitrogens with two attached hydrogens (primary N) is 1. The molecule has 2 aromatic rings.